The molecule has 0 aromatic carbocycles. The molecule has 1 rings (SSSR count). The number of rotatable bonds is 3. The Bertz CT molecular complexity index is 485. The zero-order chi connectivity index (χ0) is 13.8. The van der Waals surface area contributed by atoms with Gasteiger partial charge in [0.05, 0.1) is 0 Å². The molecule has 1 aromatic rings. The third-order valence-electron chi connectivity index (χ3n) is 2.15. The van der Waals surface area contributed by atoms with Crippen LogP contribution in [-0.2, 0) is 0 Å². The highest BCUT2D eigenvalue weighted by atomic mass is 15.0. The van der Waals surface area contributed by atoms with Gasteiger partial charge in [-0.15, -0.1) is 0 Å². The van der Waals surface area contributed by atoms with Crippen molar-refractivity contribution in [3.05, 3.63) is 23.2 Å². The molecule has 0 atom stereocenters. The molecule has 1 aromatic heterocycles. The van der Waals surface area contributed by atoms with Crippen LogP contribution in [0.1, 0.15) is 46.0 Å². The van der Waals surface area contributed by atoms with Crippen molar-refractivity contribution in [1.29, 1.82) is 5.26 Å². The van der Waals surface area contributed by atoms with Gasteiger partial charge in [-0.2, -0.15) is 5.26 Å². The minimum absolute atomic E-state index is 0.153. The molecular formula is C14H20N4. The number of allylic oxidation sites excluding steroid dienone is 1. The second-order valence-corrected chi connectivity index (χ2v) is 5.75. The summed E-state index contributed by atoms with van der Waals surface area (Å²) in [5, 5.41) is 12.1. The average molecular weight is 244 g/mol. The summed E-state index contributed by atoms with van der Waals surface area (Å²) in [6.07, 6.45) is 3.69. The lowest BCUT2D eigenvalue weighted by Crippen LogP contribution is -2.20. The van der Waals surface area contributed by atoms with E-state index in [-0.39, 0.29) is 11.2 Å². The fourth-order valence-electron chi connectivity index (χ4n) is 1.35. The number of aromatic nitrogens is 2. The summed E-state index contributed by atoms with van der Waals surface area (Å²) < 4.78 is 0. The van der Waals surface area contributed by atoms with Crippen molar-refractivity contribution in [2.24, 2.45) is 5.41 Å². The third-order valence-corrected chi connectivity index (χ3v) is 2.15. The minimum atomic E-state index is 0.153. The maximum Gasteiger partial charge on any atom is 0.234 e. The van der Waals surface area contributed by atoms with Gasteiger partial charge in [0.15, 0.2) is 0 Å². The SMILES string of the molecule is CC(C)=Cc1cnc(C#N)nc1NCC(C)(C)C. The standard InChI is InChI=1S/C14H20N4/c1-10(2)6-11-8-16-12(7-15)18-13(11)17-9-14(3,4)5/h6,8H,9H2,1-5H3,(H,16,17,18). The van der Waals surface area contributed by atoms with Crippen molar-refractivity contribution >= 4 is 11.9 Å². The topological polar surface area (TPSA) is 61.6 Å². The van der Waals surface area contributed by atoms with E-state index >= 15 is 0 Å². The van der Waals surface area contributed by atoms with E-state index in [9.17, 15) is 0 Å². The molecule has 18 heavy (non-hydrogen) atoms. The van der Waals surface area contributed by atoms with E-state index in [4.69, 9.17) is 5.26 Å². The Labute approximate surface area is 109 Å². The van der Waals surface area contributed by atoms with Crippen LogP contribution < -0.4 is 5.32 Å². The monoisotopic (exact) mass is 244 g/mol. The van der Waals surface area contributed by atoms with Gasteiger partial charge in [-0.3, -0.25) is 0 Å². The van der Waals surface area contributed by atoms with Gasteiger partial charge in [0.2, 0.25) is 5.82 Å². The van der Waals surface area contributed by atoms with Crippen LogP contribution in [0.15, 0.2) is 11.8 Å². The second kappa shape index (κ2) is 5.63. The third kappa shape index (κ3) is 4.54. The fourth-order valence-corrected chi connectivity index (χ4v) is 1.35. The first kappa shape index (κ1) is 14.2. The molecule has 0 aliphatic carbocycles. The Kier molecular flexibility index (Phi) is 4.43. The highest BCUT2D eigenvalue weighted by molar-refractivity contribution is 5.63. The summed E-state index contributed by atoms with van der Waals surface area (Å²) in [7, 11) is 0. The van der Waals surface area contributed by atoms with Crippen LogP contribution in [0.2, 0.25) is 0 Å². The molecule has 0 bridgehead atoms. The van der Waals surface area contributed by atoms with Gasteiger partial charge in [-0.05, 0) is 19.3 Å². The number of hydrogen-bond donors (Lipinski definition) is 1. The molecule has 0 aliphatic rings. The van der Waals surface area contributed by atoms with Crippen LogP contribution in [0.3, 0.4) is 0 Å². The lowest BCUT2D eigenvalue weighted by atomic mass is 9.97. The van der Waals surface area contributed by atoms with Crippen molar-refractivity contribution in [3.8, 4) is 6.07 Å². The molecule has 1 N–H and O–H groups in total. The summed E-state index contributed by atoms with van der Waals surface area (Å²) in [6.45, 7) is 11.3. The largest absolute Gasteiger partial charge is 0.369 e. The van der Waals surface area contributed by atoms with Gasteiger partial charge in [-0.25, -0.2) is 9.97 Å². The maximum absolute atomic E-state index is 8.84. The summed E-state index contributed by atoms with van der Waals surface area (Å²) in [4.78, 5) is 8.22. The molecule has 96 valence electrons. The van der Waals surface area contributed by atoms with Crippen LogP contribution in [-0.4, -0.2) is 16.5 Å². The van der Waals surface area contributed by atoms with Crippen molar-refractivity contribution in [2.45, 2.75) is 34.6 Å². The molecule has 0 unspecified atom stereocenters. The van der Waals surface area contributed by atoms with Gasteiger partial charge >= 0.3 is 0 Å². The molecule has 0 fully saturated rings. The summed E-state index contributed by atoms with van der Waals surface area (Å²) in [5.74, 6) is 0.912. The Hall–Kier alpha value is -1.89. The number of anilines is 1. The minimum Gasteiger partial charge on any atom is -0.369 e. The van der Waals surface area contributed by atoms with Crippen LogP contribution in [0.25, 0.3) is 6.08 Å². The number of hydrogen-bond acceptors (Lipinski definition) is 4. The normalized spacial score (nSPS) is 10.7. The number of nitriles is 1. The van der Waals surface area contributed by atoms with Crippen molar-refractivity contribution in [3.63, 3.8) is 0 Å². The molecule has 4 nitrogen and oxygen atoms in total. The molecule has 0 amide bonds. The van der Waals surface area contributed by atoms with Gasteiger partial charge in [0.25, 0.3) is 0 Å². The van der Waals surface area contributed by atoms with E-state index in [1.54, 1.807) is 6.20 Å². The summed E-state index contributed by atoms with van der Waals surface area (Å²) in [6, 6.07) is 1.96. The van der Waals surface area contributed by atoms with Gasteiger partial charge in [0, 0.05) is 18.3 Å². The zero-order valence-electron chi connectivity index (χ0n) is 11.7. The molecule has 0 saturated carbocycles. The Morgan fingerprint density at radius 3 is 2.61 bits per heavy atom. The van der Waals surface area contributed by atoms with E-state index in [0.717, 1.165) is 17.9 Å². The molecular weight excluding hydrogens is 224 g/mol. The average Bonchev–Trinajstić information content (AvgIpc) is 2.26. The van der Waals surface area contributed by atoms with Crippen molar-refractivity contribution in [2.75, 3.05) is 11.9 Å². The Morgan fingerprint density at radius 1 is 1.44 bits per heavy atom. The van der Waals surface area contributed by atoms with Crippen LogP contribution >= 0.6 is 0 Å². The Balaban J connectivity index is 3.05. The second-order valence-electron chi connectivity index (χ2n) is 5.75. The van der Waals surface area contributed by atoms with E-state index < -0.39 is 0 Å². The predicted octanol–water partition coefficient (Wildman–Crippen LogP) is 3.23. The van der Waals surface area contributed by atoms with Gasteiger partial charge < -0.3 is 5.32 Å². The smallest absolute Gasteiger partial charge is 0.234 e. The molecule has 0 radical (unpaired) electrons. The van der Waals surface area contributed by atoms with E-state index in [1.807, 2.05) is 26.0 Å². The van der Waals surface area contributed by atoms with E-state index in [2.05, 4.69) is 36.1 Å². The van der Waals surface area contributed by atoms with Crippen molar-refractivity contribution in [1.82, 2.24) is 9.97 Å². The summed E-state index contributed by atoms with van der Waals surface area (Å²) >= 11 is 0. The maximum atomic E-state index is 8.84. The van der Waals surface area contributed by atoms with Crippen molar-refractivity contribution < 1.29 is 0 Å². The molecule has 0 aliphatic heterocycles. The lowest BCUT2D eigenvalue weighted by molar-refractivity contribution is 0.442. The highest BCUT2D eigenvalue weighted by Crippen LogP contribution is 2.19. The Morgan fingerprint density at radius 2 is 2.11 bits per heavy atom. The number of nitrogens with one attached hydrogen (secondary N) is 1. The first-order valence-corrected chi connectivity index (χ1v) is 5.98. The molecule has 4 heteroatoms. The highest BCUT2D eigenvalue weighted by Gasteiger charge is 2.12. The van der Waals surface area contributed by atoms with Crippen LogP contribution in [0.4, 0.5) is 5.82 Å². The first-order valence-electron chi connectivity index (χ1n) is 5.98. The summed E-state index contributed by atoms with van der Waals surface area (Å²) in [5.41, 5.74) is 2.24. The molecule has 1 heterocycles. The fraction of sp³-hybridized carbons (Fsp3) is 0.500. The van der Waals surface area contributed by atoms with Gasteiger partial charge in [0.1, 0.15) is 11.9 Å². The van der Waals surface area contributed by atoms with Crippen LogP contribution in [0.5, 0.6) is 0 Å². The number of nitrogens with zero attached hydrogens (tertiary/aromatic N) is 3. The molecule has 0 saturated heterocycles. The van der Waals surface area contributed by atoms with Crippen LogP contribution in [0, 0.1) is 16.7 Å². The quantitative estimate of drug-likeness (QED) is 0.886. The predicted molar refractivity (Wildman–Crippen MR) is 74.0 cm³/mol. The van der Waals surface area contributed by atoms with E-state index in [1.165, 1.54) is 5.57 Å². The van der Waals surface area contributed by atoms with Gasteiger partial charge in [-0.1, -0.05) is 32.4 Å². The first-order chi connectivity index (χ1) is 8.31. The lowest BCUT2D eigenvalue weighted by Gasteiger charge is -2.20. The zero-order valence-corrected chi connectivity index (χ0v) is 11.7. The molecule has 0 spiro atoms. The van der Waals surface area contributed by atoms with E-state index in [0.29, 0.717) is 0 Å².